The average Bonchev–Trinajstić information content (AvgIpc) is 2.50. The number of likely N-dealkylation sites (tertiary alicyclic amines) is 1. The summed E-state index contributed by atoms with van der Waals surface area (Å²) in [5, 5.41) is 11.9. The van der Waals surface area contributed by atoms with E-state index in [4.69, 9.17) is 5.11 Å². The Labute approximate surface area is 131 Å². The number of amides is 2. The normalized spacial score (nSPS) is 15.7. The molecule has 120 valence electrons. The number of carbonyl (C=O) groups excluding carboxylic acids is 2. The number of nitrogens with one attached hydrogen (secondary N) is 1. The molecule has 2 rings (SSSR count). The van der Waals surface area contributed by atoms with E-state index in [1.807, 2.05) is 32.9 Å². The molecule has 1 aromatic carbocycles. The number of rotatable bonds is 2. The summed E-state index contributed by atoms with van der Waals surface area (Å²) in [4.78, 5) is 26.0. The second-order valence-electron chi connectivity index (χ2n) is 6.15. The van der Waals surface area contributed by atoms with Crippen LogP contribution in [0.2, 0.25) is 0 Å². The molecule has 1 aliphatic rings. The minimum Gasteiger partial charge on any atom is -0.396 e. The van der Waals surface area contributed by atoms with Crippen molar-refractivity contribution >= 4 is 17.5 Å². The average molecular weight is 304 g/mol. The Morgan fingerprint density at radius 2 is 1.73 bits per heavy atom. The Hall–Kier alpha value is -1.88. The van der Waals surface area contributed by atoms with Crippen LogP contribution in [0.3, 0.4) is 0 Å². The van der Waals surface area contributed by atoms with E-state index in [2.05, 4.69) is 5.32 Å². The summed E-state index contributed by atoms with van der Waals surface area (Å²) in [6, 6.07) is 3.97. The van der Waals surface area contributed by atoms with E-state index in [9.17, 15) is 9.59 Å². The van der Waals surface area contributed by atoms with E-state index in [0.717, 1.165) is 29.5 Å². The van der Waals surface area contributed by atoms with Crippen LogP contribution in [0.25, 0.3) is 0 Å². The smallest absolute Gasteiger partial charge is 0.313 e. The van der Waals surface area contributed by atoms with Gasteiger partial charge in [0.25, 0.3) is 0 Å². The van der Waals surface area contributed by atoms with E-state index in [1.165, 1.54) is 0 Å². The number of carbonyl (C=O) groups is 2. The van der Waals surface area contributed by atoms with E-state index >= 15 is 0 Å². The van der Waals surface area contributed by atoms with Crippen molar-refractivity contribution in [2.75, 3.05) is 25.0 Å². The zero-order valence-electron chi connectivity index (χ0n) is 13.5. The maximum Gasteiger partial charge on any atom is 0.313 e. The van der Waals surface area contributed by atoms with Gasteiger partial charge in [0.15, 0.2) is 0 Å². The first kappa shape index (κ1) is 16.5. The third kappa shape index (κ3) is 3.65. The van der Waals surface area contributed by atoms with Crippen molar-refractivity contribution in [1.82, 2.24) is 4.90 Å². The quantitative estimate of drug-likeness (QED) is 0.818. The topological polar surface area (TPSA) is 69.6 Å². The highest BCUT2D eigenvalue weighted by Crippen LogP contribution is 2.22. The number of hydrogen-bond acceptors (Lipinski definition) is 3. The van der Waals surface area contributed by atoms with E-state index in [1.54, 1.807) is 4.90 Å². The van der Waals surface area contributed by atoms with Gasteiger partial charge < -0.3 is 15.3 Å². The minimum atomic E-state index is -0.586. The Morgan fingerprint density at radius 3 is 2.23 bits per heavy atom. The van der Waals surface area contributed by atoms with E-state index in [0.29, 0.717) is 18.8 Å². The van der Waals surface area contributed by atoms with Gasteiger partial charge in [-0.15, -0.1) is 0 Å². The molecular formula is C17H24N2O3. The van der Waals surface area contributed by atoms with Gasteiger partial charge in [-0.1, -0.05) is 17.7 Å². The van der Waals surface area contributed by atoms with Crippen molar-refractivity contribution in [3.05, 3.63) is 28.8 Å². The van der Waals surface area contributed by atoms with Crippen LogP contribution in [0.15, 0.2) is 12.1 Å². The Bertz CT molecular complexity index is 552. The maximum absolute atomic E-state index is 12.2. The van der Waals surface area contributed by atoms with Crippen LogP contribution >= 0.6 is 0 Å². The molecule has 1 aliphatic heterocycles. The molecule has 1 heterocycles. The minimum absolute atomic E-state index is 0.149. The number of aliphatic hydroxyl groups excluding tert-OH is 1. The third-order valence-electron chi connectivity index (χ3n) is 4.27. The lowest BCUT2D eigenvalue weighted by atomic mass is 9.98. The molecule has 0 aromatic heterocycles. The fraction of sp³-hybridized carbons (Fsp3) is 0.529. The van der Waals surface area contributed by atoms with Gasteiger partial charge in [-0.25, -0.2) is 0 Å². The molecule has 0 atom stereocenters. The molecule has 0 bridgehead atoms. The fourth-order valence-corrected chi connectivity index (χ4v) is 3.01. The summed E-state index contributed by atoms with van der Waals surface area (Å²) in [5.74, 6) is -0.832. The summed E-state index contributed by atoms with van der Waals surface area (Å²) in [7, 11) is 0. The predicted molar refractivity (Wildman–Crippen MR) is 85.7 cm³/mol. The number of aliphatic hydroxyl groups is 1. The first-order valence-corrected chi connectivity index (χ1v) is 7.71. The Balaban J connectivity index is 2.02. The predicted octanol–water partition coefficient (Wildman–Crippen LogP) is 1.78. The van der Waals surface area contributed by atoms with E-state index < -0.39 is 11.8 Å². The first-order valence-electron chi connectivity index (χ1n) is 7.71. The Morgan fingerprint density at radius 1 is 1.18 bits per heavy atom. The van der Waals surface area contributed by atoms with Crippen molar-refractivity contribution in [3.8, 4) is 0 Å². The molecular weight excluding hydrogens is 280 g/mol. The standard InChI is InChI=1S/C17H24N2O3/c1-11-8-12(2)15(13(3)9-11)18-16(21)17(22)19-6-4-14(10-20)5-7-19/h8-9,14,20H,4-7,10H2,1-3H3,(H,18,21). The number of aryl methyl sites for hydroxylation is 3. The van der Waals surface area contributed by atoms with Gasteiger partial charge >= 0.3 is 11.8 Å². The van der Waals surface area contributed by atoms with Crippen LogP contribution in [0, 0.1) is 26.7 Å². The van der Waals surface area contributed by atoms with Crippen LogP contribution in [0.1, 0.15) is 29.5 Å². The van der Waals surface area contributed by atoms with Crippen LogP contribution in [-0.4, -0.2) is 41.5 Å². The second-order valence-corrected chi connectivity index (χ2v) is 6.15. The third-order valence-corrected chi connectivity index (χ3v) is 4.27. The molecule has 0 spiro atoms. The largest absolute Gasteiger partial charge is 0.396 e. The van der Waals surface area contributed by atoms with Gasteiger partial charge in [-0.3, -0.25) is 9.59 Å². The molecule has 0 saturated carbocycles. The molecule has 2 N–H and O–H groups in total. The number of anilines is 1. The lowest BCUT2D eigenvalue weighted by molar-refractivity contribution is -0.144. The maximum atomic E-state index is 12.2. The highest BCUT2D eigenvalue weighted by molar-refractivity contribution is 6.39. The SMILES string of the molecule is Cc1cc(C)c(NC(=O)C(=O)N2CCC(CO)CC2)c(C)c1. The summed E-state index contributed by atoms with van der Waals surface area (Å²) >= 11 is 0. The summed E-state index contributed by atoms with van der Waals surface area (Å²) in [6.45, 7) is 7.06. The van der Waals surface area contributed by atoms with Gasteiger partial charge in [-0.2, -0.15) is 0 Å². The molecule has 5 heteroatoms. The first-order chi connectivity index (χ1) is 10.4. The number of piperidine rings is 1. The second kappa shape index (κ2) is 6.92. The zero-order chi connectivity index (χ0) is 16.3. The highest BCUT2D eigenvalue weighted by Gasteiger charge is 2.27. The zero-order valence-corrected chi connectivity index (χ0v) is 13.5. The summed E-state index contributed by atoms with van der Waals surface area (Å²) in [6.07, 6.45) is 1.50. The van der Waals surface area contributed by atoms with Gasteiger partial charge in [-0.05, 0) is 50.7 Å². The van der Waals surface area contributed by atoms with Crippen molar-refractivity contribution in [3.63, 3.8) is 0 Å². The molecule has 0 aliphatic carbocycles. The number of benzene rings is 1. The molecule has 5 nitrogen and oxygen atoms in total. The highest BCUT2D eigenvalue weighted by atomic mass is 16.3. The number of nitrogens with zero attached hydrogens (tertiary/aromatic N) is 1. The molecule has 22 heavy (non-hydrogen) atoms. The van der Waals surface area contributed by atoms with Crippen molar-refractivity contribution < 1.29 is 14.7 Å². The number of hydrogen-bond donors (Lipinski definition) is 2. The summed E-state index contributed by atoms with van der Waals surface area (Å²) in [5.41, 5.74) is 3.76. The molecule has 0 unspecified atom stereocenters. The molecule has 1 saturated heterocycles. The monoisotopic (exact) mass is 304 g/mol. The molecule has 1 fully saturated rings. The van der Waals surface area contributed by atoms with E-state index in [-0.39, 0.29) is 12.5 Å². The van der Waals surface area contributed by atoms with Gasteiger partial charge in [0, 0.05) is 25.4 Å². The lowest BCUT2D eigenvalue weighted by Gasteiger charge is -2.30. The van der Waals surface area contributed by atoms with Gasteiger partial charge in [0.2, 0.25) is 0 Å². The molecule has 2 amide bonds. The van der Waals surface area contributed by atoms with Crippen LogP contribution in [0.5, 0.6) is 0 Å². The van der Waals surface area contributed by atoms with Crippen molar-refractivity contribution in [2.45, 2.75) is 33.6 Å². The molecule has 1 aromatic rings. The van der Waals surface area contributed by atoms with Crippen LogP contribution in [0.4, 0.5) is 5.69 Å². The fourth-order valence-electron chi connectivity index (χ4n) is 3.01. The van der Waals surface area contributed by atoms with Crippen LogP contribution < -0.4 is 5.32 Å². The van der Waals surface area contributed by atoms with Gasteiger partial charge in [0.05, 0.1) is 0 Å². The van der Waals surface area contributed by atoms with Gasteiger partial charge in [0.1, 0.15) is 0 Å². The lowest BCUT2D eigenvalue weighted by Crippen LogP contribution is -2.44. The summed E-state index contributed by atoms with van der Waals surface area (Å²) < 4.78 is 0. The van der Waals surface area contributed by atoms with Crippen LogP contribution in [-0.2, 0) is 9.59 Å². The van der Waals surface area contributed by atoms with Crippen molar-refractivity contribution in [1.29, 1.82) is 0 Å². The van der Waals surface area contributed by atoms with Crippen molar-refractivity contribution in [2.24, 2.45) is 5.92 Å². The Kier molecular flexibility index (Phi) is 5.19. The molecule has 0 radical (unpaired) electrons.